The van der Waals surface area contributed by atoms with Crippen molar-refractivity contribution >= 4 is 5.91 Å². The topological polar surface area (TPSA) is 59.2 Å². The van der Waals surface area contributed by atoms with Crippen molar-refractivity contribution in [2.45, 2.75) is 26.3 Å². The Labute approximate surface area is 96.5 Å². The number of carbonyl (C=O) groups is 1. The van der Waals surface area contributed by atoms with Crippen molar-refractivity contribution in [3.8, 4) is 0 Å². The highest BCUT2D eigenvalue weighted by Gasteiger charge is 2.15. The average molecular weight is 221 g/mol. The van der Waals surface area contributed by atoms with E-state index in [4.69, 9.17) is 5.73 Å². The van der Waals surface area contributed by atoms with Crippen LogP contribution in [-0.2, 0) is 4.79 Å². The summed E-state index contributed by atoms with van der Waals surface area (Å²) < 4.78 is 0. The molecule has 88 valence electrons. The van der Waals surface area contributed by atoms with Gasteiger partial charge in [0.2, 0.25) is 5.91 Å². The number of aromatic nitrogens is 1. The van der Waals surface area contributed by atoms with E-state index in [0.717, 1.165) is 18.7 Å². The second-order valence-electron chi connectivity index (χ2n) is 3.66. The van der Waals surface area contributed by atoms with Gasteiger partial charge < -0.3 is 10.6 Å². The Hall–Kier alpha value is -1.42. The number of amides is 1. The summed E-state index contributed by atoms with van der Waals surface area (Å²) in [5, 5.41) is 0. The highest BCUT2D eigenvalue weighted by Crippen LogP contribution is 2.13. The Morgan fingerprint density at radius 2 is 2.19 bits per heavy atom. The summed E-state index contributed by atoms with van der Waals surface area (Å²) in [4.78, 5) is 17.6. The van der Waals surface area contributed by atoms with E-state index in [1.54, 1.807) is 17.3 Å². The third-order valence-corrected chi connectivity index (χ3v) is 2.62. The van der Waals surface area contributed by atoms with E-state index in [-0.39, 0.29) is 11.9 Å². The first kappa shape index (κ1) is 12.6. The van der Waals surface area contributed by atoms with Gasteiger partial charge in [0.15, 0.2) is 0 Å². The zero-order valence-electron chi connectivity index (χ0n) is 9.89. The van der Waals surface area contributed by atoms with Crippen molar-refractivity contribution in [3.05, 3.63) is 30.1 Å². The van der Waals surface area contributed by atoms with Gasteiger partial charge in [0.05, 0.1) is 0 Å². The summed E-state index contributed by atoms with van der Waals surface area (Å²) in [6.07, 6.45) is 3.75. The quantitative estimate of drug-likeness (QED) is 0.816. The van der Waals surface area contributed by atoms with Gasteiger partial charge in [-0.1, -0.05) is 6.07 Å². The smallest absolute Gasteiger partial charge is 0.224 e. The molecule has 4 nitrogen and oxygen atoms in total. The molecule has 0 radical (unpaired) electrons. The number of nitrogens with zero attached hydrogens (tertiary/aromatic N) is 2. The predicted octanol–water partition coefficient (Wildman–Crippen LogP) is 1.34. The van der Waals surface area contributed by atoms with Crippen LogP contribution in [0.5, 0.6) is 0 Å². The van der Waals surface area contributed by atoms with Gasteiger partial charge in [-0.3, -0.25) is 9.78 Å². The first-order valence-corrected chi connectivity index (χ1v) is 5.62. The Morgan fingerprint density at radius 3 is 2.69 bits per heavy atom. The third-order valence-electron chi connectivity index (χ3n) is 2.62. The molecule has 2 N–H and O–H groups in total. The lowest BCUT2D eigenvalue weighted by atomic mass is 10.1. The van der Waals surface area contributed by atoms with Crippen molar-refractivity contribution in [2.24, 2.45) is 5.73 Å². The van der Waals surface area contributed by atoms with Crippen molar-refractivity contribution < 1.29 is 4.79 Å². The van der Waals surface area contributed by atoms with Gasteiger partial charge in [-0.15, -0.1) is 0 Å². The maximum atomic E-state index is 11.8. The van der Waals surface area contributed by atoms with E-state index in [9.17, 15) is 4.79 Å². The Bertz CT molecular complexity index is 322. The molecule has 1 aromatic heterocycles. The minimum Gasteiger partial charge on any atom is -0.343 e. The fourth-order valence-corrected chi connectivity index (χ4v) is 1.61. The minimum atomic E-state index is -0.262. The molecule has 1 amide bonds. The summed E-state index contributed by atoms with van der Waals surface area (Å²) in [5.41, 5.74) is 6.86. The zero-order valence-corrected chi connectivity index (χ0v) is 9.89. The number of carbonyl (C=O) groups excluding carboxylic acids is 1. The lowest BCUT2D eigenvalue weighted by Gasteiger charge is -2.20. The molecular weight excluding hydrogens is 202 g/mol. The van der Waals surface area contributed by atoms with E-state index in [1.807, 2.05) is 26.0 Å². The Balaban J connectivity index is 2.58. The van der Waals surface area contributed by atoms with Crippen LogP contribution in [0.2, 0.25) is 0 Å². The molecule has 1 rings (SSSR count). The third kappa shape index (κ3) is 3.31. The van der Waals surface area contributed by atoms with Crippen LogP contribution >= 0.6 is 0 Å². The van der Waals surface area contributed by atoms with Crippen molar-refractivity contribution in [2.75, 3.05) is 13.1 Å². The first-order chi connectivity index (χ1) is 7.69. The molecule has 1 unspecified atom stereocenters. The van der Waals surface area contributed by atoms with Crippen LogP contribution in [0.4, 0.5) is 0 Å². The van der Waals surface area contributed by atoms with E-state index in [2.05, 4.69) is 4.98 Å². The lowest BCUT2D eigenvalue weighted by molar-refractivity contribution is -0.131. The summed E-state index contributed by atoms with van der Waals surface area (Å²) in [6.45, 7) is 5.40. The van der Waals surface area contributed by atoms with Crippen molar-refractivity contribution in [1.82, 2.24) is 9.88 Å². The fourth-order valence-electron chi connectivity index (χ4n) is 1.61. The molecular formula is C12H19N3O. The zero-order chi connectivity index (χ0) is 12.0. The maximum absolute atomic E-state index is 11.8. The van der Waals surface area contributed by atoms with Gasteiger partial charge in [0.1, 0.15) is 0 Å². The van der Waals surface area contributed by atoms with E-state index in [0.29, 0.717) is 6.42 Å². The summed E-state index contributed by atoms with van der Waals surface area (Å²) >= 11 is 0. The molecule has 0 aliphatic carbocycles. The van der Waals surface area contributed by atoms with Crippen LogP contribution in [-0.4, -0.2) is 28.9 Å². The van der Waals surface area contributed by atoms with Gasteiger partial charge in [-0.2, -0.15) is 0 Å². The highest BCUT2D eigenvalue weighted by molar-refractivity contribution is 5.76. The fraction of sp³-hybridized carbons (Fsp3) is 0.500. The molecule has 1 aromatic rings. The summed E-state index contributed by atoms with van der Waals surface area (Å²) in [6, 6.07) is 3.46. The molecule has 4 heteroatoms. The molecule has 0 bridgehead atoms. The van der Waals surface area contributed by atoms with Crippen molar-refractivity contribution in [1.29, 1.82) is 0 Å². The Morgan fingerprint density at radius 1 is 1.50 bits per heavy atom. The van der Waals surface area contributed by atoms with Gasteiger partial charge >= 0.3 is 0 Å². The highest BCUT2D eigenvalue weighted by atomic mass is 16.2. The van der Waals surface area contributed by atoms with Gasteiger partial charge in [0, 0.05) is 37.9 Å². The lowest BCUT2D eigenvalue weighted by Crippen LogP contribution is -2.32. The van der Waals surface area contributed by atoms with Gasteiger partial charge in [-0.05, 0) is 25.5 Å². The number of hydrogen-bond donors (Lipinski definition) is 1. The number of nitrogens with two attached hydrogens (primary N) is 1. The predicted molar refractivity (Wildman–Crippen MR) is 63.7 cm³/mol. The number of pyridine rings is 1. The summed E-state index contributed by atoms with van der Waals surface area (Å²) in [5.74, 6) is 0.0985. The van der Waals surface area contributed by atoms with Crippen LogP contribution < -0.4 is 5.73 Å². The standard InChI is InChI=1S/C12H19N3O/c1-3-15(4-2)12(16)8-11(13)10-6-5-7-14-9-10/h5-7,9,11H,3-4,8,13H2,1-2H3. The number of hydrogen-bond acceptors (Lipinski definition) is 3. The number of rotatable bonds is 5. The van der Waals surface area contributed by atoms with Gasteiger partial charge in [-0.25, -0.2) is 0 Å². The van der Waals surface area contributed by atoms with E-state index in [1.165, 1.54) is 0 Å². The van der Waals surface area contributed by atoms with E-state index >= 15 is 0 Å². The second-order valence-corrected chi connectivity index (χ2v) is 3.66. The average Bonchev–Trinajstić information content (AvgIpc) is 2.31. The largest absolute Gasteiger partial charge is 0.343 e. The second kappa shape index (κ2) is 6.23. The maximum Gasteiger partial charge on any atom is 0.224 e. The molecule has 0 aromatic carbocycles. The monoisotopic (exact) mass is 221 g/mol. The molecule has 0 aliphatic heterocycles. The molecule has 0 aliphatic rings. The molecule has 0 saturated heterocycles. The molecule has 0 fully saturated rings. The Kier molecular flexibility index (Phi) is 4.92. The normalized spacial score (nSPS) is 12.2. The van der Waals surface area contributed by atoms with Crippen LogP contribution in [0.25, 0.3) is 0 Å². The SMILES string of the molecule is CCN(CC)C(=O)CC(N)c1cccnc1. The van der Waals surface area contributed by atoms with Crippen LogP contribution in [0.1, 0.15) is 31.9 Å². The molecule has 1 atom stereocenters. The molecule has 0 saturated carbocycles. The summed E-state index contributed by atoms with van der Waals surface area (Å²) in [7, 11) is 0. The van der Waals surface area contributed by atoms with E-state index < -0.39 is 0 Å². The van der Waals surface area contributed by atoms with Crippen molar-refractivity contribution in [3.63, 3.8) is 0 Å². The van der Waals surface area contributed by atoms with Crippen LogP contribution in [0, 0.1) is 0 Å². The first-order valence-electron chi connectivity index (χ1n) is 5.62. The van der Waals surface area contributed by atoms with Gasteiger partial charge in [0.25, 0.3) is 0 Å². The molecule has 1 heterocycles. The minimum absolute atomic E-state index is 0.0985. The molecule has 16 heavy (non-hydrogen) atoms. The van der Waals surface area contributed by atoms with Crippen LogP contribution in [0.3, 0.4) is 0 Å². The van der Waals surface area contributed by atoms with Crippen LogP contribution in [0.15, 0.2) is 24.5 Å². The molecule has 0 spiro atoms.